The van der Waals surface area contributed by atoms with E-state index < -0.39 is 0 Å². The Hall–Kier alpha value is -0.330. The lowest BCUT2D eigenvalue weighted by Gasteiger charge is -2.09. The maximum absolute atomic E-state index is 11.3. The number of rotatable bonds is 31. The van der Waals surface area contributed by atoms with E-state index in [9.17, 15) is 4.79 Å². The lowest BCUT2D eigenvalue weighted by Crippen LogP contribution is -2.02. The van der Waals surface area contributed by atoms with Crippen molar-refractivity contribution >= 4 is 6.29 Å². The maximum atomic E-state index is 11.3. The van der Waals surface area contributed by atoms with Gasteiger partial charge in [0.05, 0.1) is 0 Å². The Morgan fingerprint density at radius 3 is 0.743 bits per heavy atom. The number of unbranched alkanes of at least 4 members (excludes halogenated alkanes) is 26. The van der Waals surface area contributed by atoms with Crippen molar-refractivity contribution < 1.29 is 4.79 Å². The van der Waals surface area contributed by atoms with E-state index in [0.29, 0.717) is 0 Å². The molecule has 0 aliphatic rings. The molecule has 0 N–H and O–H groups in total. The zero-order chi connectivity index (χ0) is 25.5. The fraction of sp³-hybridized carbons (Fsp3) is 0.971. The summed E-state index contributed by atoms with van der Waals surface area (Å²) in [5.74, 6) is 0.213. The molecule has 0 rings (SSSR count). The van der Waals surface area contributed by atoms with Gasteiger partial charge in [0.25, 0.3) is 0 Å². The predicted octanol–water partition coefficient (Wildman–Crippen LogP) is 12.5. The largest absolute Gasteiger partial charge is 0.291 e. The summed E-state index contributed by atoms with van der Waals surface area (Å²) in [4.78, 5) is 11.3. The van der Waals surface area contributed by atoms with Crippen LogP contribution in [0, 0.1) is 5.92 Å². The van der Waals surface area contributed by atoms with Crippen LogP contribution in [0.4, 0.5) is 0 Å². The van der Waals surface area contributed by atoms with Gasteiger partial charge < -0.3 is 0 Å². The first-order valence-corrected chi connectivity index (χ1v) is 16.7. The highest BCUT2D eigenvalue weighted by Crippen LogP contribution is 2.19. The van der Waals surface area contributed by atoms with Crippen LogP contribution >= 0.6 is 0 Å². The van der Waals surface area contributed by atoms with Gasteiger partial charge in [-0.15, -0.1) is 0 Å². The molecule has 0 heterocycles. The molecule has 0 amide bonds. The van der Waals surface area contributed by atoms with E-state index in [1.165, 1.54) is 180 Å². The van der Waals surface area contributed by atoms with E-state index >= 15 is 0 Å². The van der Waals surface area contributed by atoms with Crippen molar-refractivity contribution in [2.75, 3.05) is 0 Å². The quantitative estimate of drug-likeness (QED) is 0.0881. The van der Waals surface area contributed by atoms with E-state index in [2.05, 4.69) is 20.1 Å². The molecular formula is C34H67O. The molecule has 0 aromatic heterocycles. The fourth-order valence-electron chi connectivity index (χ4n) is 5.43. The highest BCUT2D eigenvalue weighted by atomic mass is 16.1. The molecule has 1 radical (unpaired) electrons. The molecule has 209 valence electrons. The van der Waals surface area contributed by atoms with Gasteiger partial charge in [-0.25, -0.2) is 0 Å². The van der Waals surface area contributed by atoms with Crippen molar-refractivity contribution in [1.82, 2.24) is 0 Å². The van der Waals surface area contributed by atoms with Crippen LogP contribution in [-0.2, 0) is 4.79 Å². The minimum Gasteiger partial charge on any atom is -0.291 e. The van der Waals surface area contributed by atoms with Crippen molar-refractivity contribution in [2.45, 2.75) is 206 Å². The number of hydrogen-bond donors (Lipinski definition) is 0. The van der Waals surface area contributed by atoms with Crippen LogP contribution in [-0.4, -0.2) is 6.29 Å². The van der Waals surface area contributed by atoms with Gasteiger partial charge in [-0.2, -0.15) is 0 Å². The van der Waals surface area contributed by atoms with Crippen LogP contribution in [0.2, 0.25) is 0 Å². The summed E-state index contributed by atoms with van der Waals surface area (Å²) in [5.41, 5.74) is 0. The third kappa shape index (κ3) is 29.8. The summed E-state index contributed by atoms with van der Waals surface area (Å²) in [6.45, 7) is 4.58. The Labute approximate surface area is 223 Å². The van der Waals surface area contributed by atoms with E-state index in [-0.39, 0.29) is 5.92 Å². The lowest BCUT2D eigenvalue weighted by molar-refractivity contribution is 0.448. The van der Waals surface area contributed by atoms with E-state index in [4.69, 9.17) is 0 Å². The summed E-state index contributed by atoms with van der Waals surface area (Å²) in [7, 11) is 0. The molecule has 0 aliphatic carbocycles. The van der Waals surface area contributed by atoms with Crippen LogP contribution in [0.15, 0.2) is 0 Å². The monoisotopic (exact) mass is 492 g/mol. The first kappa shape index (κ1) is 34.7. The smallest absolute Gasteiger partial charge is 0.201 e. The molecular weight excluding hydrogens is 424 g/mol. The second-order valence-electron chi connectivity index (χ2n) is 11.6. The molecule has 0 aromatic carbocycles. The minimum atomic E-state index is 0.213. The SMILES string of the molecule is CCCCCCCCCCCCCCCCCC([C]=O)CCCCCCCCCCCCCCC. The average molecular weight is 492 g/mol. The summed E-state index contributed by atoms with van der Waals surface area (Å²) >= 11 is 0. The standard InChI is InChI=1S/C34H67O/c1-3-5-7-9-11-13-15-17-18-20-22-24-26-28-30-32-34(33-35)31-29-27-25-23-21-19-16-14-12-10-8-6-4-2/h34H,3-32H2,1-2H3. The first-order valence-electron chi connectivity index (χ1n) is 16.7. The number of carbonyl (C=O) groups excluding carboxylic acids is 1. The van der Waals surface area contributed by atoms with Gasteiger partial charge >= 0.3 is 0 Å². The van der Waals surface area contributed by atoms with E-state index in [1.54, 1.807) is 0 Å². The van der Waals surface area contributed by atoms with Crippen LogP contribution in [0.5, 0.6) is 0 Å². The Morgan fingerprint density at radius 1 is 0.343 bits per heavy atom. The third-order valence-corrected chi connectivity index (χ3v) is 7.98. The Bertz CT molecular complexity index is 377. The molecule has 0 saturated carbocycles. The summed E-state index contributed by atoms with van der Waals surface area (Å²) in [5, 5.41) is 0. The molecule has 1 nitrogen and oxygen atoms in total. The van der Waals surface area contributed by atoms with Crippen LogP contribution in [0.1, 0.15) is 206 Å². The van der Waals surface area contributed by atoms with Crippen molar-refractivity contribution in [3.05, 3.63) is 0 Å². The van der Waals surface area contributed by atoms with Crippen molar-refractivity contribution in [3.63, 3.8) is 0 Å². The van der Waals surface area contributed by atoms with E-state index in [0.717, 1.165) is 12.8 Å². The van der Waals surface area contributed by atoms with Gasteiger partial charge in [-0.1, -0.05) is 194 Å². The zero-order valence-electron chi connectivity index (χ0n) is 24.7. The van der Waals surface area contributed by atoms with Crippen molar-refractivity contribution in [2.24, 2.45) is 5.92 Å². The second kappa shape index (κ2) is 31.7. The van der Waals surface area contributed by atoms with E-state index in [1.807, 2.05) is 0 Å². The van der Waals surface area contributed by atoms with Crippen LogP contribution in [0.25, 0.3) is 0 Å². The normalized spacial score (nSPS) is 12.3. The lowest BCUT2D eigenvalue weighted by atomic mass is 9.95. The first-order chi connectivity index (χ1) is 17.3. The molecule has 0 aliphatic heterocycles. The third-order valence-electron chi connectivity index (χ3n) is 7.98. The van der Waals surface area contributed by atoms with Crippen LogP contribution < -0.4 is 0 Å². The second-order valence-corrected chi connectivity index (χ2v) is 11.6. The van der Waals surface area contributed by atoms with Crippen molar-refractivity contribution in [3.8, 4) is 0 Å². The molecule has 1 unspecified atom stereocenters. The fourth-order valence-corrected chi connectivity index (χ4v) is 5.43. The zero-order valence-corrected chi connectivity index (χ0v) is 24.7. The summed E-state index contributed by atoms with van der Waals surface area (Å²) < 4.78 is 0. The Balaban J connectivity index is 3.26. The van der Waals surface area contributed by atoms with Gasteiger partial charge in [-0.3, -0.25) is 4.79 Å². The van der Waals surface area contributed by atoms with Gasteiger partial charge in [0.2, 0.25) is 6.29 Å². The highest BCUT2D eigenvalue weighted by molar-refractivity contribution is 5.54. The number of hydrogen-bond acceptors (Lipinski definition) is 1. The van der Waals surface area contributed by atoms with Gasteiger partial charge in [0, 0.05) is 5.92 Å². The Kier molecular flexibility index (Phi) is 31.4. The predicted molar refractivity (Wildman–Crippen MR) is 159 cm³/mol. The molecule has 35 heavy (non-hydrogen) atoms. The van der Waals surface area contributed by atoms with Gasteiger partial charge in [0.15, 0.2) is 0 Å². The average Bonchev–Trinajstić information content (AvgIpc) is 2.87. The summed E-state index contributed by atoms with van der Waals surface area (Å²) in [6, 6.07) is 0. The van der Waals surface area contributed by atoms with Crippen LogP contribution in [0.3, 0.4) is 0 Å². The molecule has 1 heteroatoms. The summed E-state index contributed by atoms with van der Waals surface area (Å²) in [6.07, 6.45) is 43.7. The molecule has 0 bridgehead atoms. The topological polar surface area (TPSA) is 17.1 Å². The highest BCUT2D eigenvalue weighted by Gasteiger charge is 2.08. The molecule has 1 atom stereocenters. The molecule has 0 spiro atoms. The van der Waals surface area contributed by atoms with Gasteiger partial charge in [0.1, 0.15) is 0 Å². The minimum absolute atomic E-state index is 0.213. The van der Waals surface area contributed by atoms with Gasteiger partial charge in [-0.05, 0) is 12.8 Å². The molecule has 0 fully saturated rings. The van der Waals surface area contributed by atoms with Crippen molar-refractivity contribution in [1.29, 1.82) is 0 Å². The Morgan fingerprint density at radius 2 is 0.543 bits per heavy atom. The molecule has 0 aromatic rings. The molecule has 0 saturated heterocycles. The maximum Gasteiger partial charge on any atom is 0.201 e.